The van der Waals surface area contributed by atoms with Gasteiger partial charge in [-0.2, -0.15) is 0 Å². The van der Waals surface area contributed by atoms with Crippen LogP contribution in [0.5, 0.6) is 5.75 Å². The van der Waals surface area contributed by atoms with E-state index in [1.807, 2.05) is 30.3 Å². The molecular formula is C25H26N4O5S. The first-order valence-electron chi connectivity index (χ1n) is 11.3. The molecule has 0 spiro atoms. The van der Waals surface area contributed by atoms with Gasteiger partial charge in [0, 0.05) is 37.6 Å². The number of rotatable bonds is 8. The number of pyridine rings is 1. The maximum atomic E-state index is 13.8. The molecular weight excluding hydrogens is 468 g/mol. The van der Waals surface area contributed by atoms with Crippen molar-refractivity contribution >= 4 is 26.6 Å². The van der Waals surface area contributed by atoms with E-state index in [-0.39, 0.29) is 4.90 Å². The highest BCUT2D eigenvalue weighted by Gasteiger charge is 2.31. The summed E-state index contributed by atoms with van der Waals surface area (Å²) in [6.07, 6.45) is 3.34. The quantitative estimate of drug-likeness (QED) is 0.394. The normalized spacial score (nSPS) is 15.7. The van der Waals surface area contributed by atoms with Gasteiger partial charge in [0.2, 0.25) is 5.89 Å². The van der Waals surface area contributed by atoms with Crippen LogP contribution in [-0.2, 0) is 14.6 Å². The fraction of sp³-hybridized carbons (Fsp3) is 0.280. The first-order valence-corrected chi connectivity index (χ1v) is 12.8. The molecule has 10 heteroatoms. The van der Waals surface area contributed by atoms with E-state index in [0.717, 1.165) is 5.56 Å². The first-order chi connectivity index (χ1) is 17.0. The summed E-state index contributed by atoms with van der Waals surface area (Å²) in [7, 11) is -2.21. The van der Waals surface area contributed by atoms with Crippen LogP contribution in [0.15, 0.2) is 76.3 Å². The van der Waals surface area contributed by atoms with Crippen molar-refractivity contribution in [1.29, 1.82) is 0 Å². The Kier molecular flexibility index (Phi) is 6.67. The van der Waals surface area contributed by atoms with Crippen molar-refractivity contribution < 1.29 is 22.3 Å². The molecule has 1 atom stereocenters. The van der Waals surface area contributed by atoms with E-state index in [2.05, 4.69) is 20.2 Å². The average Bonchev–Trinajstić information content (AvgIpc) is 3.35. The molecule has 1 fully saturated rings. The second kappa shape index (κ2) is 10.0. The molecule has 0 radical (unpaired) electrons. The minimum atomic E-state index is -3.75. The number of sulfone groups is 1. The number of fused-ring (bicyclic) bond motifs is 1. The maximum Gasteiger partial charge on any atom is 0.227 e. The molecule has 3 heterocycles. The Morgan fingerprint density at radius 1 is 1.06 bits per heavy atom. The molecule has 0 saturated carbocycles. The number of para-hydroxylation sites is 1. The van der Waals surface area contributed by atoms with Crippen molar-refractivity contribution in [3.05, 3.63) is 67.0 Å². The Bertz CT molecular complexity index is 1380. The molecule has 0 amide bonds. The topological polar surface area (TPSA) is 107 Å². The fourth-order valence-electron chi connectivity index (χ4n) is 4.03. The van der Waals surface area contributed by atoms with Gasteiger partial charge in [0.25, 0.3) is 0 Å². The highest BCUT2D eigenvalue weighted by atomic mass is 32.2. The molecule has 1 N–H and O–H groups in total. The van der Waals surface area contributed by atoms with Gasteiger partial charge in [0.1, 0.15) is 16.6 Å². The van der Waals surface area contributed by atoms with E-state index in [1.165, 1.54) is 0 Å². The number of methoxy groups -OCH3 is 1. The smallest absolute Gasteiger partial charge is 0.227 e. The standard InChI is InChI=1S/C25H26N4O5S/c1-32-19-5-7-20(8-6-19)35(30,31)23(17-29-13-15-33-16-14-29)27-21-3-2-4-22-24(21)28-25(34-22)18-9-11-26-12-10-18/h2-12,23,27H,13-17H2,1H3. The summed E-state index contributed by atoms with van der Waals surface area (Å²) in [5.41, 5.74) is 2.50. The third-order valence-corrected chi connectivity index (χ3v) is 7.90. The van der Waals surface area contributed by atoms with Crippen molar-refractivity contribution in [2.24, 2.45) is 0 Å². The van der Waals surface area contributed by atoms with Crippen LogP contribution >= 0.6 is 0 Å². The number of benzene rings is 2. The zero-order chi connectivity index (χ0) is 24.3. The lowest BCUT2D eigenvalue weighted by molar-refractivity contribution is 0.0386. The summed E-state index contributed by atoms with van der Waals surface area (Å²) in [4.78, 5) is 11.0. The van der Waals surface area contributed by atoms with Crippen LogP contribution in [0, 0.1) is 0 Å². The van der Waals surface area contributed by atoms with Crippen molar-refractivity contribution in [3.63, 3.8) is 0 Å². The lowest BCUT2D eigenvalue weighted by Gasteiger charge is -2.31. The van der Waals surface area contributed by atoms with E-state index in [4.69, 9.17) is 13.9 Å². The Balaban J connectivity index is 1.51. The molecule has 4 aromatic rings. The van der Waals surface area contributed by atoms with Crippen LogP contribution in [-0.4, -0.2) is 68.6 Å². The van der Waals surface area contributed by atoms with Crippen molar-refractivity contribution in [2.75, 3.05) is 45.3 Å². The molecule has 1 aliphatic rings. The maximum absolute atomic E-state index is 13.8. The van der Waals surface area contributed by atoms with Gasteiger partial charge in [-0.25, -0.2) is 13.4 Å². The number of ether oxygens (including phenoxy) is 2. The van der Waals surface area contributed by atoms with Crippen LogP contribution in [0.2, 0.25) is 0 Å². The number of nitrogens with one attached hydrogen (secondary N) is 1. The number of anilines is 1. The molecule has 1 saturated heterocycles. The summed E-state index contributed by atoms with van der Waals surface area (Å²) in [6, 6.07) is 15.5. The molecule has 0 aliphatic carbocycles. The largest absolute Gasteiger partial charge is 0.497 e. The Hall–Kier alpha value is -3.47. The summed E-state index contributed by atoms with van der Waals surface area (Å²) >= 11 is 0. The van der Waals surface area contributed by atoms with Gasteiger partial charge in [-0.3, -0.25) is 9.88 Å². The zero-order valence-corrected chi connectivity index (χ0v) is 20.1. The van der Waals surface area contributed by atoms with Crippen molar-refractivity contribution in [1.82, 2.24) is 14.9 Å². The van der Waals surface area contributed by atoms with E-state index in [1.54, 1.807) is 43.8 Å². The molecule has 9 nitrogen and oxygen atoms in total. The SMILES string of the molecule is COc1ccc(S(=O)(=O)C(CN2CCOCC2)Nc2cccc3oc(-c4ccncc4)nc23)cc1. The van der Waals surface area contributed by atoms with Crippen LogP contribution in [0.4, 0.5) is 5.69 Å². The van der Waals surface area contributed by atoms with Gasteiger partial charge in [-0.05, 0) is 48.5 Å². The molecule has 1 unspecified atom stereocenters. The highest BCUT2D eigenvalue weighted by Crippen LogP contribution is 2.30. The lowest BCUT2D eigenvalue weighted by Crippen LogP contribution is -2.46. The Morgan fingerprint density at radius 3 is 2.51 bits per heavy atom. The van der Waals surface area contributed by atoms with Gasteiger partial charge in [0.15, 0.2) is 15.4 Å². The molecule has 2 aromatic heterocycles. The first kappa shape index (κ1) is 23.3. The van der Waals surface area contributed by atoms with Gasteiger partial charge in [0.05, 0.1) is 30.9 Å². The number of morpholine rings is 1. The van der Waals surface area contributed by atoms with E-state index in [0.29, 0.717) is 61.3 Å². The highest BCUT2D eigenvalue weighted by molar-refractivity contribution is 7.92. The van der Waals surface area contributed by atoms with E-state index >= 15 is 0 Å². The van der Waals surface area contributed by atoms with E-state index in [9.17, 15) is 8.42 Å². The monoisotopic (exact) mass is 494 g/mol. The summed E-state index contributed by atoms with van der Waals surface area (Å²) in [5.74, 6) is 1.04. The van der Waals surface area contributed by atoms with Crippen molar-refractivity contribution in [3.8, 4) is 17.2 Å². The molecule has 0 bridgehead atoms. The molecule has 182 valence electrons. The molecule has 2 aromatic carbocycles. The van der Waals surface area contributed by atoms with Crippen LogP contribution < -0.4 is 10.1 Å². The molecule has 35 heavy (non-hydrogen) atoms. The van der Waals surface area contributed by atoms with Gasteiger partial charge in [-0.15, -0.1) is 0 Å². The van der Waals surface area contributed by atoms with Crippen LogP contribution in [0.25, 0.3) is 22.6 Å². The second-order valence-corrected chi connectivity index (χ2v) is 10.3. The van der Waals surface area contributed by atoms with Crippen LogP contribution in [0.1, 0.15) is 0 Å². The summed E-state index contributed by atoms with van der Waals surface area (Å²) in [5, 5.41) is 2.35. The lowest BCUT2D eigenvalue weighted by atomic mass is 10.2. The van der Waals surface area contributed by atoms with E-state index < -0.39 is 15.2 Å². The second-order valence-electron chi connectivity index (χ2n) is 8.17. The summed E-state index contributed by atoms with van der Waals surface area (Å²) < 4.78 is 44.1. The van der Waals surface area contributed by atoms with Crippen molar-refractivity contribution in [2.45, 2.75) is 10.3 Å². The molecule has 5 rings (SSSR count). The van der Waals surface area contributed by atoms with Gasteiger partial charge < -0.3 is 19.2 Å². The number of hydrogen-bond donors (Lipinski definition) is 1. The number of nitrogens with zero attached hydrogens (tertiary/aromatic N) is 3. The Morgan fingerprint density at radius 2 is 1.80 bits per heavy atom. The fourth-order valence-corrected chi connectivity index (χ4v) is 5.56. The number of hydrogen-bond acceptors (Lipinski definition) is 9. The van der Waals surface area contributed by atoms with Gasteiger partial charge >= 0.3 is 0 Å². The minimum absolute atomic E-state index is 0.217. The van der Waals surface area contributed by atoms with Crippen LogP contribution in [0.3, 0.4) is 0 Å². The zero-order valence-electron chi connectivity index (χ0n) is 19.3. The Labute approximate surface area is 203 Å². The predicted octanol–water partition coefficient (Wildman–Crippen LogP) is 3.44. The molecule has 1 aliphatic heterocycles. The third kappa shape index (κ3) is 5.00. The predicted molar refractivity (Wildman–Crippen MR) is 132 cm³/mol. The number of oxazole rings is 1. The minimum Gasteiger partial charge on any atom is -0.497 e. The average molecular weight is 495 g/mol. The van der Waals surface area contributed by atoms with Gasteiger partial charge in [-0.1, -0.05) is 6.07 Å². The summed E-state index contributed by atoms with van der Waals surface area (Å²) in [6.45, 7) is 2.77. The number of aromatic nitrogens is 2. The third-order valence-electron chi connectivity index (χ3n) is 5.95.